The van der Waals surface area contributed by atoms with Gasteiger partial charge in [0.2, 0.25) is 0 Å². The van der Waals surface area contributed by atoms with Crippen LogP contribution in [0.25, 0.3) is 0 Å². The van der Waals surface area contributed by atoms with E-state index in [1.165, 1.54) is 51.6 Å². The fraction of sp³-hybridized carbons (Fsp3) is 0.714. The minimum absolute atomic E-state index is 0.509. The molecule has 1 spiro atoms. The first kappa shape index (κ1) is 15.7. The summed E-state index contributed by atoms with van der Waals surface area (Å²) in [6.07, 6.45) is 8.14. The lowest BCUT2D eigenvalue weighted by molar-refractivity contribution is 0.264. The molecule has 23 heavy (non-hydrogen) atoms. The van der Waals surface area contributed by atoms with E-state index in [1.54, 1.807) is 11.1 Å². The molecule has 4 rings (SSSR count). The normalized spacial score (nSPS) is 33.2. The van der Waals surface area contributed by atoms with Crippen LogP contribution in [0.15, 0.2) is 24.3 Å². The Balaban J connectivity index is 1.42. The minimum atomic E-state index is 0.509. The van der Waals surface area contributed by atoms with Crippen LogP contribution in [0.5, 0.6) is 0 Å². The summed E-state index contributed by atoms with van der Waals surface area (Å²) >= 11 is 0. The van der Waals surface area contributed by atoms with Gasteiger partial charge in [-0.2, -0.15) is 0 Å². The molecule has 2 aliphatic carbocycles. The molecule has 4 unspecified atom stereocenters. The Hall–Kier alpha value is -0.860. The third-order valence-electron chi connectivity index (χ3n) is 6.98. The van der Waals surface area contributed by atoms with Gasteiger partial charge in [-0.15, -0.1) is 0 Å². The van der Waals surface area contributed by atoms with Crippen LogP contribution in [-0.4, -0.2) is 25.2 Å². The third kappa shape index (κ3) is 2.85. The number of benzene rings is 1. The predicted molar refractivity (Wildman–Crippen MR) is 96.8 cm³/mol. The molecule has 0 aromatic heterocycles. The molecule has 0 bridgehead atoms. The molecule has 2 N–H and O–H groups in total. The fourth-order valence-electron chi connectivity index (χ4n) is 5.55. The molecule has 1 aromatic rings. The maximum atomic E-state index is 3.99. The summed E-state index contributed by atoms with van der Waals surface area (Å²) in [6.45, 7) is 7.25. The van der Waals surface area contributed by atoms with Crippen molar-refractivity contribution in [3.63, 3.8) is 0 Å². The third-order valence-corrected chi connectivity index (χ3v) is 6.98. The Kier molecular flexibility index (Phi) is 4.23. The van der Waals surface area contributed by atoms with Gasteiger partial charge >= 0.3 is 0 Å². The Labute approximate surface area is 141 Å². The van der Waals surface area contributed by atoms with Crippen LogP contribution in [0.1, 0.15) is 57.1 Å². The minimum Gasteiger partial charge on any atom is -0.317 e. The van der Waals surface area contributed by atoms with Gasteiger partial charge in [0.1, 0.15) is 0 Å². The van der Waals surface area contributed by atoms with Crippen molar-refractivity contribution in [2.24, 2.45) is 11.8 Å². The first-order valence-corrected chi connectivity index (χ1v) is 9.76. The molecular weight excluding hydrogens is 280 g/mol. The van der Waals surface area contributed by atoms with E-state index in [-0.39, 0.29) is 0 Å². The van der Waals surface area contributed by atoms with Gasteiger partial charge in [0, 0.05) is 17.5 Å². The molecular formula is C21H32N2. The number of hydrogen-bond acceptors (Lipinski definition) is 2. The van der Waals surface area contributed by atoms with Crippen molar-refractivity contribution in [1.82, 2.24) is 10.6 Å². The van der Waals surface area contributed by atoms with Crippen LogP contribution in [0.4, 0.5) is 0 Å². The highest BCUT2D eigenvalue weighted by molar-refractivity contribution is 5.43. The van der Waals surface area contributed by atoms with Crippen LogP contribution >= 0.6 is 0 Å². The summed E-state index contributed by atoms with van der Waals surface area (Å²) in [5.74, 6) is 1.69. The lowest BCUT2D eigenvalue weighted by Gasteiger charge is -2.33. The van der Waals surface area contributed by atoms with Crippen molar-refractivity contribution >= 4 is 0 Å². The molecule has 3 aliphatic rings. The highest BCUT2D eigenvalue weighted by Gasteiger charge is 2.58. The van der Waals surface area contributed by atoms with Gasteiger partial charge in [-0.05, 0) is 88.4 Å². The highest BCUT2D eigenvalue weighted by atomic mass is 15.0. The summed E-state index contributed by atoms with van der Waals surface area (Å²) in [5.41, 5.74) is 3.81. The summed E-state index contributed by atoms with van der Waals surface area (Å²) in [4.78, 5) is 0. The van der Waals surface area contributed by atoms with E-state index in [0.717, 1.165) is 11.8 Å². The molecule has 1 saturated carbocycles. The Morgan fingerprint density at radius 2 is 1.91 bits per heavy atom. The maximum Gasteiger partial charge on any atom is 0.00784 e. The zero-order valence-corrected chi connectivity index (χ0v) is 14.8. The van der Waals surface area contributed by atoms with Crippen LogP contribution in [0.2, 0.25) is 0 Å². The van der Waals surface area contributed by atoms with E-state index in [4.69, 9.17) is 0 Å². The van der Waals surface area contributed by atoms with Crippen molar-refractivity contribution in [1.29, 1.82) is 0 Å². The van der Waals surface area contributed by atoms with Gasteiger partial charge in [0.25, 0.3) is 0 Å². The van der Waals surface area contributed by atoms with E-state index < -0.39 is 0 Å². The summed E-state index contributed by atoms with van der Waals surface area (Å²) in [5, 5.41) is 7.47. The summed E-state index contributed by atoms with van der Waals surface area (Å²) in [7, 11) is 0. The maximum absolute atomic E-state index is 3.99. The molecule has 126 valence electrons. The second kappa shape index (κ2) is 6.22. The van der Waals surface area contributed by atoms with E-state index in [9.17, 15) is 0 Å². The molecule has 0 amide bonds. The first-order valence-electron chi connectivity index (χ1n) is 9.76. The molecule has 1 saturated heterocycles. The predicted octanol–water partition coefficient (Wildman–Crippen LogP) is 3.65. The molecule has 2 fully saturated rings. The summed E-state index contributed by atoms with van der Waals surface area (Å²) < 4.78 is 0. The summed E-state index contributed by atoms with van der Waals surface area (Å²) in [6, 6.07) is 10.5. The lowest BCUT2D eigenvalue weighted by Crippen LogP contribution is -2.45. The molecule has 0 radical (unpaired) electrons. The average Bonchev–Trinajstić information content (AvgIpc) is 3.31. The second-order valence-electron chi connectivity index (χ2n) is 8.31. The van der Waals surface area contributed by atoms with E-state index in [1.807, 2.05) is 0 Å². The number of rotatable bonds is 4. The van der Waals surface area contributed by atoms with Gasteiger partial charge in [-0.25, -0.2) is 0 Å². The second-order valence-corrected chi connectivity index (χ2v) is 8.31. The number of aryl methyl sites for hydroxylation is 1. The topological polar surface area (TPSA) is 24.1 Å². The largest absolute Gasteiger partial charge is 0.317 e. The quantitative estimate of drug-likeness (QED) is 0.887. The molecule has 2 nitrogen and oxygen atoms in total. The Morgan fingerprint density at radius 3 is 2.74 bits per heavy atom. The van der Waals surface area contributed by atoms with Crippen LogP contribution < -0.4 is 10.6 Å². The molecule has 4 atom stereocenters. The number of hydrogen-bond donors (Lipinski definition) is 2. The highest BCUT2D eigenvalue weighted by Crippen LogP contribution is 2.61. The zero-order valence-electron chi connectivity index (χ0n) is 14.8. The Morgan fingerprint density at radius 1 is 1.13 bits per heavy atom. The van der Waals surface area contributed by atoms with Crippen molar-refractivity contribution in [2.75, 3.05) is 13.1 Å². The van der Waals surface area contributed by atoms with E-state index in [0.29, 0.717) is 17.5 Å². The number of fused-ring (bicyclic) bond motifs is 2. The Bertz CT molecular complexity index is 549. The zero-order chi connectivity index (χ0) is 15.9. The SMILES string of the molecule is CC(NC(C)C1CC12CCCc1ccccc12)C1CCNCC1. The van der Waals surface area contributed by atoms with Gasteiger partial charge in [-0.3, -0.25) is 0 Å². The molecule has 1 aliphatic heterocycles. The molecule has 1 aromatic carbocycles. The van der Waals surface area contributed by atoms with E-state index in [2.05, 4.69) is 48.7 Å². The van der Waals surface area contributed by atoms with Crippen molar-refractivity contribution in [3.8, 4) is 0 Å². The molecule has 1 heterocycles. The van der Waals surface area contributed by atoms with E-state index >= 15 is 0 Å². The lowest BCUT2D eigenvalue weighted by atomic mass is 9.78. The average molecular weight is 313 g/mol. The van der Waals surface area contributed by atoms with Gasteiger partial charge < -0.3 is 10.6 Å². The van der Waals surface area contributed by atoms with Crippen molar-refractivity contribution in [3.05, 3.63) is 35.4 Å². The van der Waals surface area contributed by atoms with Crippen molar-refractivity contribution in [2.45, 2.75) is 69.9 Å². The smallest absolute Gasteiger partial charge is 0.00784 e. The fourth-order valence-corrected chi connectivity index (χ4v) is 5.55. The van der Waals surface area contributed by atoms with Gasteiger partial charge in [0.15, 0.2) is 0 Å². The number of nitrogens with one attached hydrogen (secondary N) is 2. The van der Waals surface area contributed by atoms with Crippen LogP contribution in [-0.2, 0) is 11.8 Å². The first-order chi connectivity index (χ1) is 11.2. The van der Waals surface area contributed by atoms with Crippen LogP contribution in [0, 0.1) is 11.8 Å². The monoisotopic (exact) mass is 312 g/mol. The molecule has 2 heteroatoms. The number of piperidine rings is 1. The van der Waals surface area contributed by atoms with Gasteiger partial charge in [-0.1, -0.05) is 24.3 Å². The van der Waals surface area contributed by atoms with Crippen molar-refractivity contribution < 1.29 is 0 Å². The standard InChI is InChI=1S/C21H32N2/c1-15(17-9-12-22-13-10-17)23-16(2)20-14-21(20)11-5-7-18-6-3-4-8-19(18)21/h3-4,6,8,15-17,20,22-23H,5,7,9-14H2,1-2H3. The van der Waals surface area contributed by atoms with Crippen LogP contribution in [0.3, 0.4) is 0 Å². The van der Waals surface area contributed by atoms with Gasteiger partial charge in [0.05, 0.1) is 0 Å².